The third kappa shape index (κ3) is 3.27. The molecule has 0 saturated heterocycles. The van der Waals surface area contributed by atoms with Crippen LogP contribution in [0.1, 0.15) is 36.7 Å². The predicted molar refractivity (Wildman–Crippen MR) is 111 cm³/mol. The van der Waals surface area contributed by atoms with E-state index in [0.29, 0.717) is 26.3 Å². The van der Waals surface area contributed by atoms with Crippen LogP contribution >= 0.6 is 11.3 Å². The minimum absolute atomic E-state index is 0.236. The Morgan fingerprint density at radius 1 is 1.14 bits per heavy atom. The summed E-state index contributed by atoms with van der Waals surface area (Å²) in [5.41, 5.74) is 2.02. The molecule has 0 fully saturated rings. The van der Waals surface area contributed by atoms with Crippen LogP contribution in [0.3, 0.4) is 0 Å². The maximum absolute atomic E-state index is 12.7. The van der Waals surface area contributed by atoms with Gasteiger partial charge in [0.05, 0.1) is 10.3 Å². The van der Waals surface area contributed by atoms with E-state index in [2.05, 4.69) is 10.3 Å². The fourth-order valence-electron chi connectivity index (χ4n) is 2.92. The minimum atomic E-state index is -0.713. The van der Waals surface area contributed by atoms with Gasteiger partial charge in [0.2, 0.25) is 0 Å². The lowest BCUT2D eigenvalue weighted by atomic mass is 10.1. The number of nitrogens with zero attached hydrogens (tertiary/aromatic N) is 1. The van der Waals surface area contributed by atoms with Gasteiger partial charge < -0.3 is 20.3 Å². The van der Waals surface area contributed by atoms with Crippen LogP contribution in [0.5, 0.6) is 5.75 Å². The standard InChI is InChI=1S/C20H21N3O4S/c1-9-6-7-12(8-10(9)2)21-17(25)14-15(24)13-11(3)16(20(27)23(4)5)28-19(13)22-18(14)26/h6-8H,1-5H3,(H,21,25)(H2,22,24,26). The number of rotatable bonds is 3. The van der Waals surface area contributed by atoms with Crippen LogP contribution in [0, 0.1) is 20.8 Å². The molecule has 0 aliphatic rings. The molecule has 3 aromatic rings. The van der Waals surface area contributed by atoms with Crippen molar-refractivity contribution >= 4 is 39.1 Å². The van der Waals surface area contributed by atoms with Crippen molar-refractivity contribution < 1.29 is 14.7 Å². The summed E-state index contributed by atoms with van der Waals surface area (Å²) in [4.78, 5) is 42.3. The molecule has 8 heteroatoms. The summed E-state index contributed by atoms with van der Waals surface area (Å²) in [7, 11) is 3.24. The van der Waals surface area contributed by atoms with Crippen molar-refractivity contribution in [2.75, 3.05) is 19.4 Å². The van der Waals surface area contributed by atoms with Gasteiger partial charge in [-0.3, -0.25) is 14.4 Å². The van der Waals surface area contributed by atoms with E-state index in [4.69, 9.17) is 0 Å². The first-order valence-electron chi connectivity index (χ1n) is 8.60. The predicted octanol–water partition coefficient (Wildman–Crippen LogP) is 3.17. The average molecular weight is 399 g/mol. The number of amides is 2. The molecule has 1 aromatic carbocycles. The van der Waals surface area contributed by atoms with Crippen molar-refractivity contribution in [2.45, 2.75) is 20.8 Å². The topological polar surface area (TPSA) is 102 Å². The highest BCUT2D eigenvalue weighted by Crippen LogP contribution is 2.36. The fraction of sp³-hybridized carbons (Fsp3) is 0.250. The highest BCUT2D eigenvalue weighted by Gasteiger charge is 2.25. The van der Waals surface area contributed by atoms with Crippen LogP contribution in [0.4, 0.5) is 5.69 Å². The average Bonchev–Trinajstić information content (AvgIpc) is 2.93. The molecule has 3 N–H and O–H groups in total. The lowest BCUT2D eigenvalue weighted by Crippen LogP contribution is -2.23. The largest absolute Gasteiger partial charge is 0.506 e. The number of aromatic nitrogens is 1. The Hall–Kier alpha value is -3.13. The van der Waals surface area contributed by atoms with Crippen molar-refractivity contribution in [1.82, 2.24) is 9.88 Å². The third-order valence-corrected chi connectivity index (χ3v) is 5.86. The lowest BCUT2D eigenvalue weighted by molar-refractivity contribution is 0.0831. The van der Waals surface area contributed by atoms with Crippen molar-refractivity contribution in [3.8, 4) is 5.75 Å². The molecule has 2 aromatic heterocycles. The Balaban J connectivity index is 2.09. The summed E-state index contributed by atoms with van der Waals surface area (Å²) >= 11 is 1.08. The van der Waals surface area contributed by atoms with E-state index < -0.39 is 17.2 Å². The number of carbonyl (C=O) groups excluding carboxylic acids is 2. The van der Waals surface area contributed by atoms with Gasteiger partial charge >= 0.3 is 0 Å². The first-order chi connectivity index (χ1) is 13.1. The smallest absolute Gasteiger partial charge is 0.265 e. The number of aryl methyl sites for hydroxylation is 3. The second-order valence-electron chi connectivity index (χ2n) is 6.89. The minimum Gasteiger partial charge on any atom is -0.506 e. The van der Waals surface area contributed by atoms with Gasteiger partial charge in [0, 0.05) is 19.8 Å². The van der Waals surface area contributed by atoms with Crippen LogP contribution in [-0.2, 0) is 0 Å². The number of nitrogens with one attached hydrogen (secondary N) is 2. The van der Waals surface area contributed by atoms with E-state index in [1.807, 2.05) is 19.9 Å². The lowest BCUT2D eigenvalue weighted by Gasteiger charge is -2.10. The van der Waals surface area contributed by atoms with Gasteiger partial charge in [0.1, 0.15) is 16.1 Å². The molecule has 7 nitrogen and oxygen atoms in total. The van der Waals surface area contributed by atoms with Crippen LogP contribution in [-0.4, -0.2) is 40.9 Å². The molecule has 0 spiro atoms. The van der Waals surface area contributed by atoms with E-state index in [1.165, 1.54) is 4.90 Å². The Morgan fingerprint density at radius 3 is 2.43 bits per heavy atom. The SMILES string of the molecule is Cc1ccc(NC(=O)c2c(O)c3c(C)c(C(=O)N(C)C)sc3[nH]c2=O)cc1C. The van der Waals surface area contributed by atoms with Gasteiger partial charge in [-0.1, -0.05) is 6.07 Å². The summed E-state index contributed by atoms with van der Waals surface area (Å²) in [6.45, 7) is 5.55. The molecule has 146 valence electrons. The van der Waals surface area contributed by atoms with Crippen molar-refractivity contribution in [3.63, 3.8) is 0 Å². The van der Waals surface area contributed by atoms with Gasteiger partial charge in [-0.2, -0.15) is 0 Å². The molecule has 0 bridgehead atoms. The fourth-order valence-corrected chi connectivity index (χ4v) is 4.14. The Bertz CT molecular complexity index is 1170. The van der Waals surface area contributed by atoms with E-state index in [1.54, 1.807) is 33.2 Å². The van der Waals surface area contributed by atoms with Crippen LogP contribution < -0.4 is 10.9 Å². The molecule has 3 rings (SSSR count). The number of hydrogen-bond donors (Lipinski definition) is 3. The second kappa shape index (κ2) is 7.12. The van der Waals surface area contributed by atoms with E-state index in [-0.39, 0.29) is 11.5 Å². The summed E-state index contributed by atoms with van der Waals surface area (Å²) in [5, 5.41) is 13.6. The highest BCUT2D eigenvalue weighted by molar-refractivity contribution is 7.20. The van der Waals surface area contributed by atoms with Crippen LogP contribution in [0.15, 0.2) is 23.0 Å². The zero-order valence-electron chi connectivity index (χ0n) is 16.3. The number of H-pyrrole nitrogens is 1. The Labute approximate surface area is 165 Å². The van der Waals surface area contributed by atoms with Gasteiger partial charge in [-0.05, 0) is 49.6 Å². The molecule has 0 aliphatic carbocycles. The van der Waals surface area contributed by atoms with Crippen LogP contribution in [0.2, 0.25) is 0 Å². The number of aromatic hydroxyl groups is 1. The number of pyridine rings is 1. The summed E-state index contributed by atoms with van der Waals surface area (Å²) in [5.74, 6) is -1.37. The molecule has 0 aliphatic heterocycles. The van der Waals surface area contributed by atoms with Crippen molar-refractivity contribution in [1.29, 1.82) is 0 Å². The molecule has 2 amide bonds. The van der Waals surface area contributed by atoms with Gasteiger partial charge in [0.15, 0.2) is 0 Å². The zero-order chi connectivity index (χ0) is 20.7. The summed E-state index contributed by atoms with van der Waals surface area (Å²) in [6, 6.07) is 5.38. The molecule has 2 heterocycles. The molecule has 0 saturated carbocycles. The van der Waals surface area contributed by atoms with E-state index >= 15 is 0 Å². The highest BCUT2D eigenvalue weighted by atomic mass is 32.1. The number of carbonyl (C=O) groups is 2. The molecule has 0 unspecified atom stereocenters. The monoisotopic (exact) mass is 399 g/mol. The number of anilines is 1. The van der Waals surface area contributed by atoms with Gasteiger partial charge in [-0.25, -0.2) is 0 Å². The molecule has 0 radical (unpaired) electrons. The maximum Gasteiger partial charge on any atom is 0.265 e. The number of aromatic amines is 1. The van der Waals surface area contributed by atoms with Gasteiger partial charge in [-0.15, -0.1) is 11.3 Å². The summed E-state index contributed by atoms with van der Waals surface area (Å²) in [6.07, 6.45) is 0. The van der Waals surface area contributed by atoms with E-state index in [9.17, 15) is 19.5 Å². The molecule has 0 atom stereocenters. The first kappa shape index (κ1) is 19.6. The van der Waals surface area contributed by atoms with Gasteiger partial charge in [0.25, 0.3) is 17.4 Å². The Kier molecular flexibility index (Phi) is 4.99. The van der Waals surface area contributed by atoms with E-state index in [0.717, 1.165) is 22.5 Å². The molecular formula is C20H21N3O4S. The van der Waals surface area contributed by atoms with Crippen LogP contribution in [0.25, 0.3) is 10.2 Å². The number of hydrogen-bond acceptors (Lipinski definition) is 5. The number of benzene rings is 1. The molecule has 28 heavy (non-hydrogen) atoms. The van der Waals surface area contributed by atoms with Crippen molar-refractivity contribution in [3.05, 3.63) is 55.7 Å². The maximum atomic E-state index is 12.7. The van der Waals surface area contributed by atoms with Crippen molar-refractivity contribution in [2.24, 2.45) is 0 Å². The second-order valence-corrected chi connectivity index (χ2v) is 7.91. The molecular weight excluding hydrogens is 378 g/mol. The number of thiophene rings is 1. The normalized spacial score (nSPS) is 10.9. The Morgan fingerprint density at radius 2 is 1.82 bits per heavy atom. The number of fused-ring (bicyclic) bond motifs is 1. The first-order valence-corrected chi connectivity index (χ1v) is 9.42. The summed E-state index contributed by atoms with van der Waals surface area (Å²) < 4.78 is 0. The quantitative estimate of drug-likeness (QED) is 0.629. The third-order valence-electron chi connectivity index (χ3n) is 4.67. The zero-order valence-corrected chi connectivity index (χ0v) is 17.1.